The molecule has 0 unspecified atom stereocenters. The van der Waals surface area contributed by atoms with Gasteiger partial charge in [0.15, 0.2) is 5.11 Å². The van der Waals surface area contributed by atoms with Gasteiger partial charge in [-0.3, -0.25) is 4.79 Å². The van der Waals surface area contributed by atoms with E-state index in [4.69, 9.17) is 22.6 Å². The van der Waals surface area contributed by atoms with Crippen LogP contribution in [0.4, 0.5) is 0 Å². The molecule has 0 radical (unpaired) electrons. The fourth-order valence-corrected chi connectivity index (χ4v) is 0.915. The van der Waals surface area contributed by atoms with Gasteiger partial charge in [0.2, 0.25) is 0 Å². The molecule has 0 saturated heterocycles. The maximum absolute atomic E-state index is 10.4. The van der Waals surface area contributed by atoms with Crippen LogP contribution in [0.2, 0.25) is 0 Å². The molecule has 0 aromatic rings. The molecule has 0 bridgehead atoms. The molecule has 5 nitrogen and oxygen atoms in total. The monoisotopic (exact) mass is 201 g/mol. The highest BCUT2D eigenvalue weighted by molar-refractivity contribution is 7.80. The van der Waals surface area contributed by atoms with E-state index in [1.165, 1.54) is 4.90 Å². The standard InChI is InChI=1S/C7H11N3O2S/c1-9-7(13)10(4-2-3-8)5-6(11)12/h2,4-5H2,1H3,(H,9,13)(H,11,12). The Kier molecular flexibility index (Phi) is 5.55. The molecule has 0 aromatic carbocycles. The molecule has 0 aliphatic heterocycles. The summed E-state index contributed by atoms with van der Waals surface area (Å²) in [6, 6.07) is 1.93. The summed E-state index contributed by atoms with van der Waals surface area (Å²) in [6.45, 7) is 0.157. The van der Waals surface area contributed by atoms with Crippen molar-refractivity contribution in [3.05, 3.63) is 0 Å². The van der Waals surface area contributed by atoms with Crippen molar-refractivity contribution in [1.82, 2.24) is 10.2 Å². The second-order valence-electron chi connectivity index (χ2n) is 2.28. The lowest BCUT2D eigenvalue weighted by atomic mass is 10.4. The first-order chi connectivity index (χ1) is 6.11. The zero-order valence-corrected chi connectivity index (χ0v) is 8.10. The molecular formula is C7H11N3O2S. The highest BCUT2D eigenvalue weighted by Gasteiger charge is 2.10. The summed E-state index contributed by atoms with van der Waals surface area (Å²) in [5.74, 6) is -0.962. The number of carboxylic acids is 1. The smallest absolute Gasteiger partial charge is 0.323 e. The number of thiocarbonyl (C=S) groups is 1. The van der Waals surface area contributed by atoms with E-state index >= 15 is 0 Å². The minimum absolute atomic E-state index is 0.179. The highest BCUT2D eigenvalue weighted by Crippen LogP contribution is 1.92. The third kappa shape index (κ3) is 4.98. The Balaban J connectivity index is 4.11. The van der Waals surface area contributed by atoms with Crippen LogP contribution in [0.3, 0.4) is 0 Å². The summed E-state index contributed by atoms with van der Waals surface area (Å²) in [5.41, 5.74) is 0. The maximum Gasteiger partial charge on any atom is 0.323 e. The summed E-state index contributed by atoms with van der Waals surface area (Å²) >= 11 is 4.85. The lowest BCUT2D eigenvalue weighted by Crippen LogP contribution is -2.41. The van der Waals surface area contributed by atoms with Crippen LogP contribution in [0.1, 0.15) is 6.42 Å². The Morgan fingerprint density at radius 3 is 2.77 bits per heavy atom. The van der Waals surface area contributed by atoms with Crippen molar-refractivity contribution in [2.75, 3.05) is 20.1 Å². The quantitative estimate of drug-likeness (QED) is 0.613. The molecule has 0 aliphatic rings. The van der Waals surface area contributed by atoms with Crippen molar-refractivity contribution in [2.24, 2.45) is 0 Å². The summed E-state index contributed by atoms with van der Waals surface area (Å²) < 4.78 is 0. The van der Waals surface area contributed by atoms with Gasteiger partial charge in [-0.05, 0) is 12.2 Å². The van der Waals surface area contributed by atoms with Crippen molar-refractivity contribution in [1.29, 1.82) is 5.26 Å². The van der Waals surface area contributed by atoms with E-state index in [0.29, 0.717) is 11.7 Å². The van der Waals surface area contributed by atoms with Gasteiger partial charge in [-0.1, -0.05) is 0 Å². The van der Waals surface area contributed by atoms with Gasteiger partial charge in [0, 0.05) is 13.6 Å². The number of nitriles is 1. The number of nitrogens with zero attached hydrogens (tertiary/aromatic N) is 2. The van der Waals surface area contributed by atoms with Crippen LogP contribution in [0.15, 0.2) is 0 Å². The van der Waals surface area contributed by atoms with Crippen LogP contribution >= 0.6 is 12.2 Å². The summed E-state index contributed by atoms with van der Waals surface area (Å²) in [5, 5.41) is 19.8. The minimum Gasteiger partial charge on any atom is -0.480 e. The molecule has 2 N–H and O–H groups in total. The third-order valence-electron chi connectivity index (χ3n) is 1.32. The number of carbonyl (C=O) groups is 1. The Hall–Kier alpha value is -1.35. The average molecular weight is 201 g/mol. The Labute approximate surface area is 81.9 Å². The van der Waals surface area contributed by atoms with Gasteiger partial charge in [-0.15, -0.1) is 0 Å². The first-order valence-electron chi connectivity index (χ1n) is 3.67. The Morgan fingerprint density at radius 2 is 2.38 bits per heavy atom. The van der Waals surface area contributed by atoms with E-state index in [2.05, 4.69) is 5.32 Å². The molecule has 0 aliphatic carbocycles. The molecular weight excluding hydrogens is 190 g/mol. The van der Waals surface area contributed by atoms with Gasteiger partial charge in [-0.2, -0.15) is 5.26 Å². The fraction of sp³-hybridized carbons (Fsp3) is 0.571. The van der Waals surface area contributed by atoms with Gasteiger partial charge in [0.25, 0.3) is 0 Å². The highest BCUT2D eigenvalue weighted by atomic mass is 32.1. The molecule has 0 rings (SSSR count). The van der Waals surface area contributed by atoms with Gasteiger partial charge < -0.3 is 15.3 Å². The second kappa shape index (κ2) is 6.20. The number of aliphatic carboxylic acids is 1. The van der Waals surface area contributed by atoms with Crippen molar-refractivity contribution in [3.63, 3.8) is 0 Å². The largest absolute Gasteiger partial charge is 0.480 e. The van der Waals surface area contributed by atoms with Crippen LogP contribution in [0.25, 0.3) is 0 Å². The fourth-order valence-electron chi connectivity index (χ4n) is 0.759. The van der Waals surface area contributed by atoms with Crippen molar-refractivity contribution >= 4 is 23.3 Å². The molecule has 0 fully saturated rings. The van der Waals surface area contributed by atoms with E-state index in [9.17, 15) is 4.79 Å². The van der Waals surface area contributed by atoms with Crippen LogP contribution in [0, 0.1) is 11.3 Å². The lowest BCUT2D eigenvalue weighted by Gasteiger charge is -2.21. The molecule has 13 heavy (non-hydrogen) atoms. The van der Waals surface area contributed by atoms with Crippen molar-refractivity contribution < 1.29 is 9.90 Å². The zero-order valence-electron chi connectivity index (χ0n) is 7.28. The van der Waals surface area contributed by atoms with Gasteiger partial charge >= 0.3 is 5.97 Å². The zero-order chi connectivity index (χ0) is 10.3. The number of rotatable bonds is 4. The number of nitrogens with one attached hydrogen (secondary N) is 1. The van der Waals surface area contributed by atoms with E-state index in [-0.39, 0.29) is 13.0 Å². The second-order valence-corrected chi connectivity index (χ2v) is 2.67. The SMILES string of the molecule is CNC(=S)N(CCC#N)CC(=O)O. The Bertz CT molecular complexity index is 236. The molecule has 72 valence electrons. The number of hydrogen-bond acceptors (Lipinski definition) is 3. The molecule has 6 heteroatoms. The lowest BCUT2D eigenvalue weighted by molar-refractivity contribution is -0.137. The van der Waals surface area contributed by atoms with Crippen LogP contribution in [0.5, 0.6) is 0 Å². The summed E-state index contributed by atoms with van der Waals surface area (Å²) in [7, 11) is 1.61. The topological polar surface area (TPSA) is 76.4 Å². The van der Waals surface area contributed by atoms with Crippen molar-refractivity contribution in [2.45, 2.75) is 6.42 Å². The predicted molar refractivity (Wildman–Crippen MR) is 51.1 cm³/mol. The normalized spacial score (nSPS) is 8.62. The van der Waals surface area contributed by atoms with E-state index in [0.717, 1.165) is 0 Å². The number of hydrogen-bond donors (Lipinski definition) is 2. The molecule has 0 saturated carbocycles. The molecule has 0 spiro atoms. The van der Waals surface area contributed by atoms with Gasteiger partial charge in [-0.25, -0.2) is 0 Å². The summed E-state index contributed by atoms with van der Waals surface area (Å²) in [4.78, 5) is 11.8. The molecule has 0 amide bonds. The maximum atomic E-state index is 10.4. The van der Waals surface area contributed by atoms with E-state index in [1.807, 2.05) is 6.07 Å². The van der Waals surface area contributed by atoms with E-state index < -0.39 is 5.97 Å². The molecule has 0 heterocycles. The molecule has 0 atom stereocenters. The molecule has 0 aromatic heterocycles. The number of carboxylic acid groups (broad SMARTS) is 1. The van der Waals surface area contributed by atoms with Crippen LogP contribution in [-0.2, 0) is 4.79 Å². The van der Waals surface area contributed by atoms with Gasteiger partial charge in [0.1, 0.15) is 6.54 Å². The third-order valence-corrected chi connectivity index (χ3v) is 1.78. The first-order valence-corrected chi connectivity index (χ1v) is 4.08. The van der Waals surface area contributed by atoms with Gasteiger partial charge in [0.05, 0.1) is 12.5 Å². The van der Waals surface area contributed by atoms with Crippen LogP contribution in [-0.4, -0.2) is 41.2 Å². The predicted octanol–water partition coefficient (Wildman–Crippen LogP) is -0.209. The Morgan fingerprint density at radius 1 is 1.77 bits per heavy atom. The minimum atomic E-state index is -0.962. The van der Waals surface area contributed by atoms with Crippen LogP contribution < -0.4 is 5.32 Å². The first kappa shape index (κ1) is 11.6. The van der Waals surface area contributed by atoms with E-state index in [1.54, 1.807) is 7.05 Å². The van der Waals surface area contributed by atoms with Crippen molar-refractivity contribution in [3.8, 4) is 6.07 Å². The summed E-state index contributed by atoms with van der Waals surface area (Å²) in [6.07, 6.45) is 0.259. The average Bonchev–Trinajstić information content (AvgIpc) is 2.10.